The van der Waals surface area contributed by atoms with Crippen LogP contribution in [0.15, 0.2) is 58.3 Å². The van der Waals surface area contributed by atoms with E-state index in [4.69, 9.17) is 9.15 Å². The molecule has 1 saturated heterocycles. The zero-order chi connectivity index (χ0) is 25.7. The van der Waals surface area contributed by atoms with Crippen LogP contribution >= 0.6 is 11.3 Å². The Morgan fingerprint density at radius 3 is 2.47 bits per heavy atom. The van der Waals surface area contributed by atoms with Crippen molar-refractivity contribution in [3.63, 3.8) is 0 Å². The van der Waals surface area contributed by atoms with Crippen LogP contribution in [0.4, 0.5) is 4.39 Å². The number of morpholine rings is 1. The van der Waals surface area contributed by atoms with Crippen LogP contribution in [-0.4, -0.2) is 53.5 Å². The lowest BCUT2D eigenvalue weighted by Gasteiger charge is -2.33. The Morgan fingerprint density at radius 2 is 1.83 bits per heavy atom. The number of halogens is 1. The number of rotatable bonds is 8. The fourth-order valence-corrected chi connectivity index (χ4v) is 4.81. The van der Waals surface area contributed by atoms with Gasteiger partial charge in [-0.1, -0.05) is 18.2 Å². The van der Waals surface area contributed by atoms with Gasteiger partial charge < -0.3 is 19.4 Å². The van der Waals surface area contributed by atoms with Crippen molar-refractivity contribution >= 4 is 23.2 Å². The van der Waals surface area contributed by atoms with Crippen molar-refractivity contribution < 1.29 is 23.1 Å². The Bertz CT molecular complexity index is 1150. The lowest BCUT2D eigenvalue weighted by atomic mass is 10.0. The number of nitrogens with one attached hydrogen (secondary N) is 1. The predicted molar refractivity (Wildman–Crippen MR) is 136 cm³/mol. The maximum atomic E-state index is 13.9. The zero-order valence-electron chi connectivity index (χ0n) is 20.8. The minimum Gasteiger partial charge on any atom is -0.455 e. The first kappa shape index (κ1) is 26.1. The summed E-state index contributed by atoms with van der Waals surface area (Å²) < 4.78 is 25.1. The second kappa shape index (κ2) is 11.4. The van der Waals surface area contributed by atoms with Gasteiger partial charge in [0.2, 0.25) is 5.91 Å². The number of nitrogens with zero attached hydrogens (tertiary/aromatic N) is 2. The molecular formula is C27H32FN3O4S. The molecule has 192 valence electrons. The molecule has 1 aliphatic heterocycles. The largest absolute Gasteiger partial charge is 0.455 e. The van der Waals surface area contributed by atoms with Gasteiger partial charge >= 0.3 is 0 Å². The highest BCUT2D eigenvalue weighted by molar-refractivity contribution is 7.09. The molecule has 4 rings (SSSR count). The Labute approximate surface area is 214 Å². The van der Waals surface area contributed by atoms with E-state index in [9.17, 15) is 14.0 Å². The second-order valence-corrected chi connectivity index (χ2v) is 10.9. The van der Waals surface area contributed by atoms with Crippen molar-refractivity contribution in [2.75, 3.05) is 26.3 Å². The van der Waals surface area contributed by atoms with Crippen LogP contribution in [0.3, 0.4) is 0 Å². The molecule has 0 spiro atoms. The standard InChI is InChI=1S/C27H32FN3O4S/c1-27(2,3)29-25(32)24(19-6-8-20(28)9-7-19)31(18-22-5-4-16-36-22)26(33)23-11-10-21(35-23)17-30-12-14-34-15-13-30/h4-11,16,24H,12-15,17-18H2,1-3H3,(H,29,32)/t24-/m1/s1. The molecule has 1 N–H and O–H groups in total. The average Bonchev–Trinajstić information content (AvgIpc) is 3.51. The molecule has 3 heterocycles. The molecule has 0 bridgehead atoms. The first-order chi connectivity index (χ1) is 17.2. The fourth-order valence-electron chi connectivity index (χ4n) is 4.11. The molecular weight excluding hydrogens is 481 g/mol. The monoisotopic (exact) mass is 513 g/mol. The van der Waals surface area contributed by atoms with Gasteiger partial charge in [-0.3, -0.25) is 14.5 Å². The van der Waals surface area contributed by atoms with Gasteiger partial charge in [-0.2, -0.15) is 0 Å². The van der Waals surface area contributed by atoms with Crippen molar-refractivity contribution in [1.29, 1.82) is 0 Å². The summed E-state index contributed by atoms with van der Waals surface area (Å²) in [5.41, 5.74) is -0.00797. The number of carbonyl (C=O) groups excluding carboxylic acids is 2. The molecule has 1 aliphatic rings. The zero-order valence-corrected chi connectivity index (χ0v) is 21.6. The van der Waals surface area contributed by atoms with Crippen LogP contribution in [0.5, 0.6) is 0 Å². The molecule has 0 aliphatic carbocycles. The number of carbonyl (C=O) groups is 2. The van der Waals surface area contributed by atoms with Gasteiger partial charge in [-0.15, -0.1) is 11.3 Å². The highest BCUT2D eigenvalue weighted by Gasteiger charge is 2.35. The summed E-state index contributed by atoms with van der Waals surface area (Å²) >= 11 is 1.50. The van der Waals surface area contributed by atoms with Gasteiger partial charge in [0.25, 0.3) is 5.91 Å². The lowest BCUT2D eigenvalue weighted by Crippen LogP contribution is -2.49. The number of hydrogen-bond donors (Lipinski definition) is 1. The molecule has 36 heavy (non-hydrogen) atoms. The molecule has 7 nitrogen and oxygen atoms in total. The number of amides is 2. The molecule has 2 amide bonds. The Hall–Kier alpha value is -3.01. The number of thiophene rings is 1. The van der Waals surface area contributed by atoms with E-state index in [0.29, 0.717) is 31.1 Å². The van der Waals surface area contributed by atoms with Gasteiger partial charge in [0.1, 0.15) is 17.6 Å². The number of hydrogen-bond acceptors (Lipinski definition) is 6. The van der Waals surface area contributed by atoms with E-state index in [1.54, 1.807) is 24.3 Å². The summed E-state index contributed by atoms with van der Waals surface area (Å²) in [7, 11) is 0. The van der Waals surface area contributed by atoms with Crippen molar-refractivity contribution in [1.82, 2.24) is 15.1 Å². The molecule has 1 aromatic carbocycles. The third kappa shape index (κ3) is 6.81. The average molecular weight is 514 g/mol. The molecule has 2 aromatic heterocycles. The smallest absolute Gasteiger partial charge is 0.290 e. The van der Waals surface area contributed by atoms with E-state index in [0.717, 1.165) is 18.0 Å². The summed E-state index contributed by atoms with van der Waals surface area (Å²) in [4.78, 5) is 32.1. The lowest BCUT2D eigenvalue weighted by molar-refractivity contribution is -0.127. The molecule has 0 radical (unpaired) electrons. The van der Waals surface area contributed by atoms with E-state index in [2.05, 4.69) is 10.2 Å². The highest BCUT2D eigenvalue weighted by atomic mass is 32.1. The van der Waals surface area contributed by atoms with E-state index < -0.39 is 23.3 Å². The summed E-state index contributed by atoms with van der Waals surface area (Å²) in [5.74, 6) is -0.336. The van der Waals surface area contributed by atoms with Crippen molar-refractivity contribution in [2.45, 2.75) is 45.4 Å². The Kier molecular flexibility index (Phi) is 8.23. The minimum absolute atomic E-state index is 0.158. The van der Waals surface area contributed by atoms with Gasteiger partial charge in [0.15, 0.2) is 5.76 Å². The number of furan rings is 1. The van der Waals surface area contributed by atoms with Crippen LogP contribution in [0, 0.1) is 5.82 Å². The maximum absolute atomic E-state index is 13.9. The van der Waals surface area contributed by atoms with Gasteiger partial charge in [0.05, 0.1) is 26.3 Å². The van der Waals surface area contributed by atoms with Gasteiger partial charge in [0, 0.05) is 23.5 Å². The second-order valence-electron chi connectivity index (χ2n) is 9.86. The molecule has 1 fully saturated rings. The molecule has 9 heteroatoms. The van der Waals surface area contributed by atoms with Crippen LogP contribution in [0.1, 0.15) is 53.6 Å². The fraction of sp³-hybridized carbons (Fsp3) is 0.407. The molecule has 0 saturated carbocycles. The molecule has 0 unspecified atom stereocenters. The Morgan fingerprint density at radius 1 is 1.11 bits per heavy atom. The molecule has 1 atom stereocenters. The van der Waals surface area contributed by atoms with E-state index in [-0.39, 0.29) is 18.2 Å². The first-order valence-electron chi connectivity index (χ1n) is 12.0. The SMILES string of the molecule is CC(C)(C)NC(=O)[C@@H](c1ccc(F)cc1)N(Cc1cccs1)C(=O)c1ccc(CN2CCOCC2)o1. The topological polar surface area (TPSA) is 75.0 Å². The summed E-state index contributed by atoms with van der Waals surface area (Å²) in [6, 6.07) is 12.0. The van der Waals surface area contributed by atoms with Gasteiger partial charge in [-0.05, 0) is 62.0 Å². The molecule has 3 aromatic rings. The van der Waals surface area contributed by atoms with Crippen LogP contribution < -0.4 is 5.32 Å². The quantitative estimate of drug-likeness (QED) is 0.476. The third-order valence-electron chi connectivity index (χ3n) is 5.77. The van der Waals surface area contributed by atoms with Gasteiger partial charge in [-0.25, -0.2) is 4.39 Å². The first-order valence-corrected chi connectivity index (χ1v) is 12.9. The maximum Gasteiger partial charge on any atom is 0.290 e. The minimum atomic E-state index is -0.979. The van der Waals surface area contributed by atoms with Crippen LogP contribution in [-0.2, 0) is 22.6 Å². The highest BCUT2D eigenvalue weighted by Crippen LogP contribution is 2.28. The number of benzene rings is 1. The number of ether oxygens (including phenoxy) is 1. The van der Waals surface area contributed by atoms with Crippen LogP contribution in [0.25, 0.3) is 0 Å². The van der Waals surface area contributed by atoms with Crippen molar-refractivity contribution in [2.24, 2.45) is 0 Å². The summed E-state index contributed by atoms with van der Waals surface area (Å²) in [6.07, 6.45) is 0. The normalized spacial score (nSPS) is 15.4. The van der Waals surface area contributed by atoms with E-state index in [1.807, 2.05) is 38.3 Å². The summed E-state index contributed by atoms with van der Waals surface area (Å²) in [5, 5.41) is 4.91. The van der Waals surface area contributed by atoms with E-state index >= 15 is 0 Å². The van der Waals surface area contributed by atoms with E-state index in [1.165, 1.54) is 28.4 Å². The predicted octanol–water partition coefficient (Wildman–Crippen LogP) is 4.61. The summed E-state index contributed by atoms with van der Waals surface area (Å²) in [6.45, 7) is 9.35. The van der Waals surface area contributed by atoms with Crippen molar-refractivity contribution in [3.05, 3.63) is 81.7 Å². The van der Waals surface area contributed by atoms with Crippen molar-refractivity contribution in [3.8, 4) is 0 Å². The van der Waals surface area contributed by atoms with Crippen LogP contribution in [0.2, 0.25) is 0 Å². The Balaban J connectivity index is 1.67. The third-order valence-corrected chi connectivity index (χ3v) is 6.63.